The van der Waals surface area contributed by atoms with E-state index in [0.29, 0.717) is 6.10 Å². The minimum absolute atomic E-state index is 0.385. The van der Waals surface area contributed by atoms with Gasteiger partial charge in [-0.25, -0.2) is 0 Å². The first kappa shape index (κ1) is 12.0. The molecule has 1 saturated heterocycles. The molecule has 1 fully saturated rings. The van der Waals surface area contributed by atoms with Gasteiger partial charge in [0.05, 0.1) is 6.10 Å². The first-order chi connectivity index (χ1) is 6.68. The second-order valence-electron chi connectivity index (χ2n) is 4.82. The number of hydrogen-bond donors (Lipinski definition) is 0. The molecule has 0 aromatic heterocycles. The van der Waals surface area contributed by atoms with Gasteiger partial charge in [0.25, 0.3) is 0 Å². The van der Waals surface area contributed by atoms with Crippen molar-refractivity contribution in [2.75, 3.05) is 26.2 Å². The maximum Gasteiger partial charge on any atom is 0.0518 e. The zero-order valence-electron chi connectivity index (χ0n) is 9.96. The molecule has 14 heavy (non-hydrogen) atoms. The van der Waals surface area contributed by atoms with Crippen LogP contribution in [0.4, 0.5) is 0 Å². The van der Waals surface area contributed by atoms with Gasteiger partial charge in [0.15, 0.2) is 0 Å². The van der Waals surface area contributed by atoms with E-state index in [4.69, 9.17) is 4.74 Å². The molecule has 0 aliphatic carbocycles. The molecule has 0 N–H and O–H groups in total. The van der Waals surface area contributed by atoms with E-state index < -0.39 is 0 Å². The quantitative estimate of drug-likeness (QED) is 0.631. The van der Waals surface area contributed by atoms with Crippen molar-refractivity contribution in [2.45, 2.75) is 46.1 Å². The van der Waals surface area contributed by atoms with Crippen molar-refractivity contribution in [3.05, 3.63) is 0 Å². The highest BCUT2D eigenvalue weighted by atomic mass is 16.5. The molecule has 1 rings (SSSR count). The van der Waals surface area contributed by atoms with Gasteiger partial charge in [0.1, 0.15) is 0 Å². The summed E-state index contributed by atoms with van der Waals surface area (Å²) in [7, 11) is 0. The van der Waals surface area contributed by atoms with Gasteiger partial charge < -0.3 is 9.64 Å². The molecule has 0 bridgehead atoms. The van der Waals surface area contributed by atoms with Crippen molar-refractivity contribution in [1.82, 2.24) is 4.90 Å². The van der Waals surface area contributed by atoms with Crippen LogP contribution in [0, 0.1) is 5.92 Å². The van der Waals surface area contributed by atoms with Gasteiger partial charge in [-0.1, -0.05) is 6.92 Å². The first-order valence-corrected chi connectivity index (χ1v) is 6.02. The van der Waals surface area contributed by atoms with Crippen molar-refractivity contribution >= 4 is 0 Å². The van der Waals surface area contributed by atoms with Crippen LogP contribution in [0.2, 0.25) is 0 Å². The zero-order chi connectivity index (χ0) is 10.4. The van der Waals surface area contributed by atoms with Crippen LogP contribution in [0.3, 0.4) is 0 Å². The molecule has 0 radical (unpaired) electrons. The third-order valence-electron chi connectivity index (χ3n) is 2.81. The van der Waals surface area contributed by atoms with Crippen LogP contribution in [-0.4, -0.2) is 37.2 Å². The molecule has 0 aromatic rings. The lowest BCUT2D eigenvalue weighted by Crippen LogP contribution is -2.35. The van der Waals surface area contributed by atoms with Gasteiger partial charge >= 0.3 is 0 Å². The van der Waals surface area contributed by atoms with Crippen LogP contribution in [0.1, 0.15) is 40.0 Å². The highest BCUT2D eigenvalue weighted by Gasteiger charge is 2.15. The zero-order valence-corrected chi connectivity index (χ0v) is 9.96. The summed E-state index contributed by atoms with van der Waals surface area (Å²) < 4.78 is 5.53. The van der Waals surface area contributed by atoms with E-state index in [0.717, 1.165) is 12.5 Å². The first-order valence-electron chi connectivity index (χ1n) is 6.02. The fourth-order valence-corrected chi connectivity index (χ4v) is 2.10. The Morgan fingerprint density at radius 3 is 2.86 bits per heavy atom. The molecule has 0 saturated carbocycles. The number of likely N-dealkylation sites (tertiary alicyclic amines) is 1. The Morgan fingerprint density at radius 2 is 2.21 bits per heavy atom. The smallest absolute Gasteiger partial charge is 0.0518 e. The minimum atomic E-state index is 0.385. The predicted molar refractivity (Wildman–Crippen MR) is 60.5 cm³/mol. The van der Waals surface area contributed by atoms with Crippen molar-refractivity contribution in [1.29, 1.82) is 0 Å². The Balaban J connectivity index is 2.00. The highest BCUT2D eigenvalue weighted by molar-refractivity contribution is 4.69. The molecule has 1 aliphatic rings. The normalized spacial score (nSPS) is 24.4. The average molecular weight is 199 g/mol. The molecule has 0 spiro atoms. The van der Waals surface area contributed by atoms with E-state index in [1.165, 1.54) is 38.9 Å². The topological polar surface area (TPSA) is 12.5 Å². The van der Waals surface area contributed by atoms with Crippen LogP contribution < -0.4 is 0 Å². The summed E-state index contributed by atoms with van der Waals surface area (Å²) in [6, 6.07) is 0. The molecule has 0 aromatic carbocycles. The minimum Gasteiger partial charge on any atom is -0.379 e. The summed E-state index contributed by atoms with van der Waals surface area (Å²) in [4.78, 5) is 2.58. The molecule has 2 nitrogen and oxygen atoms in total. The molecular weight excluding hydrogens is 174 g/mol. The lowest BCUT2D eigenvalue weighted by atomic mass is 10.0. The van der Waals surface area contributed by atoms with Gasteiger partial charge in [-0.15, -0.1) is 0 Å². The molecular formula is C12H25NO. The second-order valence-corrected chi connectivity index (χ2v) is 4.82. The molecule has 1 aliphatic heterocycles. The number of piperidine rings is 1. The Labute approximate surface area is 88.6 Å². The van der Waals surface area contributed by atoms with Gasteiger partial charge in [0.2, 0.25) is 0 Å². The predicted octanol–water partition coefficient (Wildman–Crippen LogP) is 2.53. The van der Waals surface area contributed by atoms with Crippen LogP contribution in [0.5, 0.6) is 0 Å². The van der Waals surface area contributed by atoms with Crippen molar-refractivity contribution in [2.24, 2.45) is 5.92 Å². The molecule has 1 atom stereocenters. The largest absolute Gasteiger partial charge is 0.379 e. The Bertz CT molecular complexity index is 147. The van der Waals surface area contributed by atoms with Gasteiger partial charge in [-0.3, -0.25) is 0 Å². The lowest BCUT2D eigenvalue weighted by molar-refractivity contribution is 0.0668. The van der Waals surface area contributed by atoms with E-state index in [2.05, 4.69) is 25.7 Å². The van der Waals surface area contributed by atoms with E-state index in [-0.39, 0.29) is 0 Å². The van der Waals surface area contributed by atoms with Crippen molar-refractivity contribution in [3.63, 3.8) is 0 Å². The van der Waals surface area contributed by atoms with Crippen LogP contribution in [-0.2, 0) is 4.74 Å². The van der Waals surface area contributed by atoms with Crippen LogP contribution in [0.25, 0.3) is 0 Å². The average Bonchev–Trinajstić information content (AvgIpc) is 2.12. The van der Waals surface area contributed by atoms with Gasteiger partial charge in [0, 0.05) is 19.7 Å². The Kier molecular flexibility index (Phi) is 5.49. The monoisotopic (exact) mass is 199 g/mol. The highest BCUT2D eigenvalue weighted by Crippen LogP contribution is 2.15. The van der Waals surface area contributed by atoms with Crippen LogP contribution in [0.15, 0.2) is 0 Å². The molecule has 0 amide bonds. The van der Waals surface area contributed by atoms with Crippen molar-refractivity contribution in [3.8, 4) is 0 Å². The fraction of sp³-hybridized carbons (Fsp3) is 1.00. The lowest BCUT2D eigenvalue weighted by Gasteiger charge is -2.30. The maximum atomic E-state index is 5.53. The van der Waals surface area contributed by atoms with E-state index >= 15 is 0 Å². The molecule has 2 heteroatoms. The van der Waals surface area contributed by atoms with E-state index in [9.17, 15) is 0 Å². The fourth-order valence-electron chi connectivity index (χ4n) is 2.10. The SMILES string of the molecule is CC(C)OCCCN1CCC[C@H](C)C1. The van der Waals surface area contributed by atoms with Crippen LogP contribution >= 0.6 is 0 Å². The van der Waals surface area contributed by atoms with Crippen molar-refractivity contribution < 1.29 is 4.74 Å². The van der Waals surface area contributed by atoms with E-state index in [1.54, 1.807) is 0 Å². The Hall–Kier alpha value is -0.0800. The number of ether oxygens (including phenoxy) is 1. The van der Waals surface area contributed by atoms with E-state index in [1.807, 2.05) is 0 Å². The molecule has 0 unspecified atom stereocenters. The third kappa shape index (κ3) is 4.97. The number of hydrogen-bond acceptors (Lipinski definition) is 2. The maximum absolute atomic E-state index is 5.53. The summed E-state index contributed by atoms with van der Waals surface area (Å²) in [6.45, 7) is 11.3. The Morgan fingerprint density at radius 1 is 1.43 bits per heavy atom. The summed E-state index contributed by atoms with van der Waals surface area (Å²) >= 11 is 0. The summed E-state index contributed by atoms with van der Waals surface area (Å²) in [5.41, 5.74) is 0. The van der Waals surface area contributed by atoms with Gasteiger partial charge in [-0.05, 0) is 45.6 Å². The summed E-state index contributed by atoms with van der Waals surface area (Å²) in [5, 5.41) is 0. The molecule has 1 heterocycles. The van der Waals surface area contributed by atoms with Gasteiger partial charge in [-0.2, -0.15) is 0 Å². The molecule has 84 valence electrons. The number of rotatable bonds is 5. The number of nitrogens with zero attached hydrogens (tertiary/aromatic N) is 1. The summed E-state index contributed by atoms with van der Waals surface area (Å²) in [6.07, 6.45) is 4.37. The standard InChI is InChI=1S/C12H25NO/c1-11(2)14-9-5-8-13-7-4-6-12(3)10-13/h11-12H,4-10H2,1-3H3/t12-/m0/s1. The third-order valence-corrected chi connectivity index (χ3v) is 2.81. The summed E-state index contributed by atoms with van der Waals surface area (Å²) in [5.74, 6) is 0.898. The second kappa shape index (κ2) is 6.41.